The van der Waals surface area contributed by atoms with Gasteiger partial charge < -0.3 is 28.4 Å². The number of anilines is 1. The lowest BCUT2D eigenvalue weighted by Crippen LogP contribution is -2.17. The Morgan fingerprint density at radius 2 is 1.54 bits per heavy atom. The van der Waals surface area contributed by atoms with Crippen molar-refractivity contribution in [3.63, 3.8) is 0 Å². The number of para-hydroxylation sites is 1. The van der Waals surface area contributed by atoms with Crippen LogP contribution in [0, 0.1) is 23.5 Å². The summed E-state index contributed by atoms with van der Waals surface area (Å²) in [6, 6.07) is 38.3. The lowest BCUT2D eigenvalue weighted by molar-refractivity contribution is 0.0580. The van der Waals surface area contributed by atoms with Crippen LogP contribution in [0.3, 0.4) is 0 Å². The van der Waals surface area contributed by atoms with Gasteiger partial charge in [0.15, 0.2) is 0 Å². The minimum absolute atomic E-state index is 0.149. The maximum absolute atomic E-state index is 16.1. The summed E-state index contributed by atoms with van der Waals surface area (Å²) in [5, 5.41) is 9.35. The van der Waals surface area contributed by atoms with Crippen LogP contribution in [0.1, 0.15) is 54.5 Å². The summed E-state index contributed by atoms with van der Waals surface area (Å²) in [6.07, 6.45) is 2.95. The summed E-state index contributed by atoms with van der Waals surface area (Å²) in [4.78, 5) is 16.1. The number of carbonyl (C=O) groups excluding carboxylic acids is 1. The van der Waals surface area contributed by atoms with Gasteiger partial charge in [0.1, 0.15) is 47.8 Å². The minimum atomic E-state index is -0.845. The van der Waals surface area contributed by atoms with Gasteiger partial charge in [-0.15, -0.1) is 0 Å². The molecule has 366 valence electrons. The molecule has 1 saturated heterocycles. The fourth-order valence-electron chi connectivity index (χ4n) is 8.04. The average molecular weight is 1010 g/mol. The number of ether oxygens (including phenoxy) is 6. The van der Waals surface area contributed by atoms with E-state index in [0.717, 1.165) is 57.0 Å². The highest BCUT2D eigenvalue weighted by atomic mass is 35.5. The molecule has 0 spiro atoms. The molecule has 1 aromatic heterocycles. The normalized spacial score (nSPS) is 14.1. The van der Waals surface area contributed by atoms with E-state index in [4.69, 9.17) is 51.6 Å². The smallest absolute Gasteiger partial charge is 0.491 e. The van der Waals surface area contributed by atoms with Gasteiger partial charge in [-0.1, -0.05) is 102 Å². The quantitative estimate of drug-likeness (QED) is 0.0211. The molecule has 1 N–H and O–H groups in total. The number of unbranched alkanes of at least 4 members (excludes halogenated alkanes) is 1. The fraction of sp³-hybridized carbons (Fsp3) is 0.224. The van der Waals surface area contributed by atoms with Gasteiger partial charge in [0.25, 0.3) is 0 Å². The van der Waals surface area contributed by atoms with Gasteiger partial charge in [-0.2, -0.15) is 5.10 Å². The third-order valence-electron chi connectivity index (χ3n) is 12.0. The lowest BCUT2D eigenvalue weighted by atomic mass is 9.93. The van der Waals surface area contributed by atoms with E-state index >= 15 is 8.78 Å². The van der Waals surface area contributed by atoms with Crippen LogP contribution in [0.4, 0.5) is 19.4 Å². The molecular weight excluding hydrogens is 960 g/mol. The second-order valence-electron chi connectivity index (χ2n) is 17.4. The molecule has 0 amide bonds. The van der Waals surface area contributed by atoms with Crippen LogP contribution in [0.15, 0.2) is 132 Å². The van der Waals surface area contributed by atoms with Crippen molar-refractivity contribution in [1.29, 1.82) is 0 Å². The van der Waals surface area contributed by atoms with Gasteiger partial charge in [-0.05, 0) is 127 Å². The summed E-state index contributed by atoms with van der Waals surface area (Å²) in [5.41, 5.74) is 6.93. The van der Waals surface area contributed by atoms with Crippen LogP contribution in [-0.2, 0) is 32.0 Å². The highest BCUT2D eigenvalue weighted by molar-refractivity contribution is 6.40. The maximum Gasteiger partial charge on any atom is 0.508 e. The van der Waals surface area contributed by atoms with Gasteiger partial charge in [-0.3, -0.25) is 5.43 Å². The van der Waals surface area contributed by atoms with E-state index in [0.29, 0.717) is 83.0 Å². The molecule has 14 heteroatoms. The van der Waals surface area contributed by atoms with Gasteiger partial charge >= 0.3 is 6.16 Å². The van der Waals surface area contributed by atoms with Crippen LogP contribution in [0.2, 0.25) is 10.0 Å². The second kappa shape index (κ2) is 22.9. The summed E-state index contributed by atoms with van der Waals surface area (Å²) in [5.74, 6) is 5.77. The molecule has 8 aromatic rings. The Morgan fingerprint density at radius 3 is 2.35 bits per heavy atom. The lowest BCUT2D eigenvalue weighted by Gasteiger charge is -2.13. The molecule has 1 fully saturated rings. The third-order valence-corrected chi connectivity index (χ3v) is 12.9. The first-order valence-electron chi connectivity index (χ1n) is 23.5. The Balaban J connectivity index is 0.927. The van der Waals surface area contributed by atoms with Crippen LogP contribution in [0.5, 0.6) is 11.5 Å². The van der Waals surface area contributed by atoms with Crippen LogP contribution < -0.4 is 14.9 Å². The van der Waals surface area contributed by atoms with Crippen LogP contribution in [-0.4, -0.2) is 62.6 Å². The average Bonchev–Trinajstić information content (AvgIpc) is 4.13. The molecule has 1 unspecified atom stereocenters. The van der Waals surface area contributed by atoms with Crippen molar-refractivity contribution in [1.82, 2.24) is 4.98 Å². The van der Waals surface area contributed by atoms with Gasteiger partial charge in [0.2, 0.25) is 0 Å². The number of fused-ring (bicyclic) bond motifs is 3. The molecule has 1 aliphatic heterocycles. The fourth-order valence-corrected chi connectivity index (χ4v) is 8.64. The van der Waals surface area contributed by atoms with Crippen LogP contribution in [0.25, 0.3) is 43.6 Å². The van der Waals surface area contributed by atoms with Crippen molar-refractivity contribution in [2.45, 2.75) is 45.3 Å². The highest BCUT2D eigenvalue weighted by Gasteiger charge is 2.39. The molecule has 10 nitrogen and oxygen atoms in total. The third kappa shape index (κ3) is 12.2. The largest absolute Gasteiger partial charge is 0.508 e. The first-order chi connectivity index (χ1) is 35.0. The van der Waals surface area contributed by atoms with Crippen molar-refractivity contribution < 1.29 is 42.0 Å². The first kappa shape index (κ1) is 49.7. The van der Waals surface area contributed by atoms with Crippen molar-refractivity contribution in [3.05, 3.63) is 177 Å². The summed E-state index contributed by atoms with van der Waals surface area (Å²) >= 11 is 13.6. The number of epoxide rings is 1. The summed E-state index contributed by atoms with van der Waals surface area (Å²) in [6.45, 7) is 6.73. The van der Waals surface area contributed by atoms with Crippen molar-refractivity contribution in [3.8, 4) is 34.5 Å². The molecule has 9 rings (SSSR count). The van der Waals surface area contributed by atoms with Crippen molar-refractivity contribution in [2.24, 2.45) is 5.10 Å². The predicted molar refractivity (Wildman–Crippen MR) is 280 cm³/mol. The summed E-state index contributed by atoms with van der Waals surface area (Å²) < 4.78 is 65.1. The molecule has 0 saturated carbocycles. The number of hydrogen-bond acceptors (Lipinski definition) is 10. The molecule has 0 radical (unpaired) electrons. The van der Waals surface area contributed by atoms with Gasteiger partial charge in [0.05, 0.1) is 60.4 Å². The molecule has 2 heterocycles. The Labute approximate surface area is 425 Å². The molecular formula is C58H49Cl2F2N3O7. The van der Waals surface area contributed by atoms with E-state index in [-0.39, 0.29) is 24.4 Å². The summed E-state index contributed by atoms with van der Waals surface area (Å²) in [7, 11) is 0. The number of rotatable bonds is 19. The number of aryl methyl sites for hydroxylation is 1. The van der Waals surface area contributed by atoms with E-state index in [9.17, 15) is 4.79 Å². The monoisotopic (exact) mass is 1010 g/mol. The van der Waals surface area contributed by atoms with E-state index in [1.165, 1.54) is 12.1 Å². The standard InChI is InChI=1S/C58H49Cl2F2N3O7/c1-3-68-57(66)70-27-7-6-9-39-13-22-48-47(55(39)59)23-14-40(56(48)60)15-24-49-51(61)31-42(32-52(49)62)46-21-16-41-30-44(71-34-37-11-18-43(19-12-37)69-29-28-67-35-58(2)36-72-58)20-25-45(41)50(46)33-63-65-54-26-17-38-8-4-5-10-53(38)64-54/h4-5,8,10-14,16-23,25-26,30-33H,3,6-7,9,27-29,34-36H2,1-2H3,(H,64,65)/b63-33+. The zero-order valence-electron chi connectivity index (χ0n) is 39.5. The van der Waals surface area contributed by atoms with E-state index in [1.54, 1.807) is 31.3 Å². The number of aromatic nitrogens is 1. The SMILES string of the molecule is CCOC(=O)OCCCCc1ccc2c(Cl)c(C#Cc3c(F)cc(-c4ccc5cc(OCc6ccc(OCCOCC7(C)CO7)cc6)ccc5c4/C=N/Nc4ccc5ccccc5n4)cc3F)ccc2c1Cl. The number of halogens is 4. The Kier molecular flexibility index (Phi) is 15.8. The Hall–Kier alpha value is -7.27. The number of hydrogen-bond donors (Lipinski definition) is 1. The number of benzene rings is 7. The Bertz CT molecular complexity index is 3350. The second-order valence-corrected chi connectivity index (χ2v) is 18.1. The topological polar surface area (TPSA) is 113 Å². The van der Waals surface area contributed by atoms with Crippen molar-refractivity contribution in [2.75, 3.05) is 45.1 Å². The van der Waals surface area contributed by atoms with E-state index in [2.05, 4.69) is 27.4 Å². The maximum atomic E-state index is 16.1. The zero-order chi connectivity index (χ0) is 50.0. The molecule has 72 heavy (non-hydrogen) atoms. The zero-order valence-corrected chi connectivity index (χ0v) is 41.0. The predicted octanol–water partition coefficient (Wildman–Crippen LogP) is 13.9. The number of carbonyl (C=O) groups is 1. The molecule has 7 aromatic carbocycles. The number of pyridine rings is 1. The van der Waals surface area contributed by atoms with E-state index < -0.39 is 23.4 Å². The number of nitrogens with one attached hydrogen (secondary N) is 1. The molecule has 0 bridgehead atoms. The van der Waals surface area contributed by atoms with Crippen molar-refractivity contribution >= 4 is 73.8 Å². The number of nitrogens with zero attached hydrogens (tertiary/aromatic N) is 2. The number of hydrazone groups is 1. The van der Waals surface area contributed by atoms with Crippen LogP contribution >= 0.6 is 23.2 Å². The Morgan fingerprint density at radius 1 is 0.792 bits per heavy atom. The van der Waals surface area contributed by atoms with E-state index in [1.807, 2.05) is 104 Å². The minimum Gasteiger partial charge on any atom is -0.491 e. The van der Waals surface area contributed by atoms with Gasteiger partial charge in [-0.25, -0.2) is 18.6 Å². The molecule has 1 atom stereocenters. The van der Waals surface area contributed by atoms with Gasteiger partial charge in [0, 0.05) is 27.3 Å². The molecule has 1 aliphatic rings. The first-order valence-corrected chi connectivity index (χ1v) is 24.3. The highest BCUT2D eigenvalue weighted by Crippen LogP contribution is 2.36. The molecule has 0 aliphatic carbocycles.